The fourth-order valence-electron chi connectivity index (χ4n) is 2.35. The molecule has 3 rings (SSSR count). The topological polar surface area (TPSA) is 35.6 Å². The molecule has 2 aromatic rings. The van der Waals surface area contributed by atoms with Crippen LogP contribution in [0.15, 0.2) is 41.8 Å². The Morgan fingerprint density at radius 1 is 1.10 bits per heavy atom. The van der Waals surface area contributed by atoms with Crippen molar-refractivity contribution in [3.05, 3.63) is 47.6 Å². The van der Waals surface area contributed by atoms with E-state index in [1.54, 1.807) is 17.0 Å². The van der Waals surface area contributed by atoms with Gasteiger partial charge in [-0.2, -0.15) is 0 Å². The number of hydrogen-bond donors (Lipinski definition) is 1. The highest BCUT2D eigenvalue weighted by Gasteiger charge is 2.21. The largest absolute Gasteiger partial charge is 0.368 e. The molecule has 0 saturated carbocycles. The van der Waals surface area contributed by atoms with E-state index in [2.05, 4.69) is 10.2 Å². The van der Waals surface area contributed by atoms with Crippen molar-refractivity contribution < 1.29 is 9.18 Å². The second-order valence-corrected chi connectivity index (χ2v) is 5.81. The Labute approximate surface area is 126 Å². The zero-order chi connectivity index (χ0) is 14.7. The molecule has 6 heteroatoms. The number of benzene rings is 1. The highest BCUT2D eigenvalue weighted by atomic mass is 32.1. The summed E-state index contributed by atoms with van der Waals surface area (Å²) < 4.78 is 12.9. The molecule has 1 aromatic carbocycles. The summed E-state index contributed by atoms with van der Waals surface area (Å²) in [5, 5.41) is 5.69. The van der Waals surface area contributed by atoms with Gasteiger partial charge in [0.05, 0.1) is 5.00 Å². The van der Waals surface area contributed by atoms with Gasteiger partial charge in [0.1, 0.15) is 5.82 Å². The Bertz CT molecular complexity index is 592. The van der Waals surface area contributed by atoms with Gasteiger partial charge in [-0.15, -0.1) is 11.3 Å². The van der Waals surface area contributed by atoms with Gasteiger partial charge in [-0.1, -0.05) is 0 Å². The summed E-state index contributed by atoms with van der Waals surface area (Å²) in [7, 11) is 0. The van der Waals surface area contributed by atoms with Crippen molar-refractivity contribution in [2.75, 3.05) is 36.4 Å². The lowest BCUT2D eigenvalue weighted by atomic mass is 10.2. The van der Waals surface area contributed by atoms with E-state index < -0.39 is 0 Å². The number of piperazine rings is 1. The summed E-state index contributed by atoms with van der Waals surface area (Å²) in [6.45, 7) is 2.83. The van der Waals surface area contributed by atoms with Crippen LogP contribution >= 0.6 is 11.3 Å². The molecule has 1 aliphatic rings. The van der Waals surface area contributed by atoms with Gasteiger partial charge < -0.3 is 9.80 Å². The van der Waals surface area contributed by atoms with E-state index >= 15 is 0 Å². The normalized spacial score (nSPS) is 15.1. The first kappa shape index (κ1) is 13.9. The second-order valence-electron chi connectivity index (χ2n) is 4.86. The molecule has 110 valence electrons. The van der Waals surface area contributed by atoms with Crippen molar-refractivity contribution in [2.24, 2.45) is 0 Å². The molecule has 0 radical (unpaired) electrons. The Kier molecular flexibility index (Phi) is 4.06. The molecule has 0 spiro atoms. The van der Waals surface area contributed by atoms with Crippen LogP contribution in [0.2, 0.25) is 0 Å². The monoisotopic (exact) mass is 305 g/mol. The van der Waals surface area contributed by atoms with Crippen molar-refractivity contribution in [3.63, 3.8) is 0 Å². The van der Waals surface area contributed by atoms with Crippen LogP contribution < -0.4 is 10.2 Å². The minimum Gasteiger partial charge on any atom is -0.368 e. The molecular weight excluding hydrogens is 289 g/mol. The number of amides is 2. The van der Waals surface area contributed by atoms with E-state index in [0.29, 0.717) is 13.1 Å². The second kappa shape index (κ2) is 6.13. The standard InChI is InChI=1S/C15H16FN3OS/c16-12-3-5-13(6-4-12)18-7-9-19(10-8-18)15(20)17-14-2-1-11-21-14/h1-6,11H,7-10H2,(H,17,20). The Morgan fingerprint density at radius 2 is 1.81 bits per heavy atom. The molecule has 0 bridgehead atoms. The average Bonchev–Trinajstić information content (AvgIpc) is 3.01. The van der Waals surface area contributed by atoms with Gasteiger partial charge in [-0.25, -0.2) is 9.18 Å². The lowest BCUT2D eigenvalue weighted by Crippen LogP contribution is -2.50. The van der Waals surface area contributed by atoms with E-state index in [0.717, 1.165) is 23.8 Å². The fourth-order valence-corrected chi connectivity index (χ4v) is 2.96. The predicted molar refractivity (Wildman–Crippen MR) is 83.5 cm³/mol. The summed E-state index contributed by atoms with van der Waals surface area (Å²) in [6.07, 6.45) is 0. The maximum absolute atomic E-state index is 12.9. The fraction of sp³-hybridized carbons (Fsp3) is 0.267. The van der Waals surface area contributed by atoms with E-state index in [1.807, 2.05) is 17.5 Å². The maximum atomic E-state index is 12.9. The van der Waals surface area contributed by atoms with Gasteiger partial charge in [0.25, 0.3) is 0 Å². The van der Waals surface area contributed by atoms with E-state index in [-0.39, 0.29) is 11.8 Å². The first-order valence-electron chi connectivity index (χ1n) is 6.82. The molecule has 21 heavy (non-hydrogen) atoms. The molecule has 0 atom stereocenters. The molecule has 2 amide bonds. The first-order valence-corrected chi connectivity index (χ1v) is 7.70. The molecule has 0 unspecified atom stereocenters. The number of carbonyl (C=O) groups excluding carboxylic acids is 1. The molecule has 1 aromatic heterocycles. The van der Waals surface area contributed by atoms with Gasteiger partial charge in [0, 0.05) is 31.9 Å². The maximum Gasteiger partial charge on any atom is 0.322 e. The lowest BCUT2D eigenvalue weighted by molar-refractivity contribution is 0.208. The zero-order valence-electron chi connectivity index (χ0n) is 11.5. The highest BCUT2D eigenvalue weighted by Crippen LogP contribution is 2.19. The average molecular weight is 305 g/mol. The van der Waals surface area contributed by atoms with Gasteiger partial charge >= 0.3 is 6.03 Å². The zero-order valence-corrected chi connectivity index (χ0v) is 12.3. The van der Waals surface area contributed by atoms with Crippen LogP contribution in [-0.2, 0) is 0 Å². The third-order valence-corrected chi connectivity index (χ3v) is 4.30. The third kappa shape index (κ3) is 3.33. The SMILES string of the molecule is O=C(Nc1cccs1)N1CCN(c2ccc(F)cc2)CC1. The number of hydrogen-bond acceptors (Lipinski definition) is 3. The van der Waals surface area contributed by atoms with Gasteiger partial charge in [0.2, 0.25) is 0 Å². The Hall–Kier alpha value is -2.08. The van der Waals surface area contributed by atoms with Crippen molar-refractivity contribution in [3.8, 4) is 0 Å². The lowest BCUT2D eigenvalue weighted by Gasteiger charge is -2.36. The molecule has 0 aliphatic carbocycles. The van der Waals surface area contributed by atoms with Crippen LogP contribution in [0.25, 0.3) is 0 Å². The van der Waals surface area contributed by atoms with Crippen molar-refractivity contribution in [1.29, 1.82) is 0 Å². The number of anilines is 2. The molecule has 1 saturated heterocycles. The summed E-state index contributed by atoms with van der Waals surface area (Å²) in [4.78, 5) is 16.1. The molecule has 4 nitrogen and oxygen atoms in total. The Morgan fingerprint density at radius 3 is 2.43 bits per heavy atom. The molecule has 1 fully saturated rings. The van der Waals surface area contributed by atoms with Crippen LogP contribution in [0.1, 0.15) is 0 Å². The summed E-state index contributed by atoms with van der Waals surface area (Å²) >= 11 is 1.51. The number of thiophene rings is 1. The number of nitrogens with zero attached hydrogens (tertiary/aromatic N) is 2. The van der Waals surface area contributed by atoms with Crippen LogP contribution in [0.5, 0.6) is 0 Å². The summed E-state index contributed by atoms with van der Waals surface area (Å²) in [5.41, 5.74) is 0.995. The minimum absolute atomic E-state index is 0.0591. The summed E-state index contributed by atoms with van der Waals surface area (Å²) in [5.74, 6) is -0.229. The molecule has 2 heterocycles. The van der Waals surface area contributed by atoms with Crippen molar-refractivity contribution in [1.82, 2.24) is 4.90 Å². The van der Waals surface area contributed by atoms with Crippen LogP contribution in [0, 0.1) is 5.82 Å². The molecular formula is C15H16FN3OS. The predicted octanol–water partition coefficient (Wildman–Crippen LogP) is 3.24. The van der Waals surface area contributed by atoms with Gasteiger partial charge in [-0.3, -0.25) is 5.32 Å². The van der Waals surface area contributed by atoms with Crippen LogP contribution in [0.3, 0.4) is 0 Å². The van der Waals surface area contributed by atoms with E-state index in [1.165, 1.54) is 23.5 Å². The van der Waals surface area contributed by atoms with E-state index in [9.17, 15) is 9.18 Å². The number of rotatable bonds is 2. The summed E-state index contributed by atoms with van der Waals surface area (Å²) in [6, 6.07) is 10.2. The van der Waals surface area contributed by atoms with Crippen LogP contribution in [-0.4, -0.2) is 37.1 Å². The number of halogens is 1. The quantitative estimate of drug-likeness (QED) is 0.924. The van der Waals surface area contributed by atoms with Crippen LogP contribution in [0.4, 0.5) is 19.9 Å². The number of urea groups is 1. The van der Waals surface area contributed by atoms with E-state index in [4.69, 9.17) is 0 Å². The van der Waals surface area contributed by atoms with Gasteiger partial charge in [-0.05, 0) is 41.8 Å². The molecule has 1 N–H and O–H groups in total. The van der Waals surface area contributed by atoms with Crippen molar-refractivity contribution in [2.45, 2.75) is 0 Å². The first-order chi connectivity index (χ1) is 10.2. The van der Waals surface area contributed by atoms with Crippen molar-refractivity contribution >= 4 is 28.1 Å². The number of carbonyl (C=O) groups is 1. The highest BCUT2D eigenvalue weighted by molar-refractivity contribution is 7.14. The Balaban J connectivity index is 1.55. The smallest absolute Gasteiger partial charge is 0.322 e. The minimum atomic E-state index is -0.229. The van der Waals surface area contributed by atoms with Gasteiger partial charge in [0.15, 0.2) is 0 Å². The third-order valence-electron chi connectivity index (χ3n) is 3.51. The number of nitrogens with one attached hydrogen (secondary N) is 1. The molecule has 1 aliphatic heterocycles.